The van der Waals surface area contributed by atoms with E-state index in [0.717, 1.165) is 17.5 Å². The van der Waals surface area contributed by atoms with Gasteiger partial charge >= 0.3 is 0 Å². The molecule has 29 heavy (non-hydrogen) atoms. The van der Waals surface area contributed by atoms with E-state index in [1.54, 1.807) is 32.1 Å². The lowest BCUT2D eigenvalue weighted by Crippen LogP contribution is -2.39. The van der Waals surface area contributed by atoms with E-state index in [1.807, 2.05) is 42.3 Å². The molecule has 0 fully saturated rings. The van der Waals surface area contributed by atoms with Crippen LogP contribution >= 0.6 is 0 Å². The summed E-state index contributed by atoms with van der Waals surface area (Å²) in [6, 6.07) is 12.5. The van der Waals surface area contributed by atoms with Gasteiger partial charge in [0.05, 0.1) is 7.11 Å². The molecule has 0 unspecified atom stereocenters. The summed E-state index contributed by atoms with van der Waals surface area (Å²) in [5.74, 6) is 0.547. The number of nitrogens with zero attached hydrogens (tertiary/aromatic N) is 3. The van der Waals surface area contributed by atoms with Crippen LogP contribution < -0.4 is 10.1 Å². The zero-order valence-corrected chi connectivity index (χ0v) is 17.7. The van der Waals surface area contributed by atoms with Gasteiger partial charge in [-0.2, -0.15) is 0 Å². The molecule has 0 radical (unpaired) electrons. The number of hydrogen-bond acceptors (Lipinski definition) is 3. The normalized spacial score (nSPS) is 11.2. The second kappa shape index (κ2) is 10.5. The molecule has 2 aromatic carbocycles. The van der Waals surface area contributed by atoms with Crippen molar-refractivity contribution in [1.29, 1.82) is 0 Å². The molecular weight excluding hydrogens is 371 g/mol. The summed E-state index contributed by atoms with van der Waals surface area (Å²) in [7, 11) is 8.54. The van der Waals surface area contributed by atoms with Crippen molar-refractivity contribution in [3.05, 3.63) is 65.0 Å². The van der Waals surface area contributed by atoms with Crippen LogP contribution in [-0.2, 0) is 13.0 Å². The first-order valence-electron chi connectivity index (χ1n) is 9.40. The van der Waals surface area contributed by atoms with Gasteiger partial charge in [0.15, 0.2) is 17.5 Å². The van der Waals surface area contributed by atoms with Crippen LogP contribution in [0.2, 0.25) is 0 Å². The predicted octanol–water partition coefficient (Wildman–Crippen LogP) is 2.79. The molecule has 0 bridgehead atoms. The fourth-order valence-electron chi connectivity index (χ4n) is 2.98. The zero-order valence-electron chi connectivity index (χ0n) is 17.7. The maximum absolute atomic E-state index is 13.9. The SMILES string of the molecule is CN=C(NCCc1cccc(C(=O)N(C)C)c1)N(C)Cc1ccc(OC)c(F)c1. The summed E-state index contributed by atoms with van der Waals surface area (Å²) in [5, 5.41) is 3.31. The highest BCUT2D eigenvalue weighted by Gasteiger charge is 2.10. The van der Waals surface area contributed by atoms with Crippen molar-refractivity contribution in [2.75, 3.05) is 41.8 Å². The number of amides is 1. The smallest absolute Gasteiger partial charge is 0.253 e. The minimum Gasteiger partial charge on any atom is -0.494 e. The fourth-order valence-corrected chi connectivity index (χ4v) is 2.98. The lowest BCUT2D eigenvalue weighted by molar-refractivity contribution is 0.0827. The van der Waals surface area contributed by atoms with Gasteiger partial charge in [0, 0.05) is 46.8 Å². The molecule has 0 aliphatic carbocycles. The molecule has 0 atom stereocenters. The Balaban J connectivity index is 1.93. The number of carbonyl (C=O) groups excluding carboxylic acids is 1. The number of rotatable bonds is 7. The van der Waals surface area contributed by atoms with Gasteiger partial charge in [-0.3, -0.25) is 9.79 Å². The van der Waals surface area contributed by atoms with Crippen molar-refractivity contribution < 1.29 is 13.9 Å². The number of hydrogen-bond donors (Lipinski definition) is 1. The van der Waals surface area contributed by atoms with Gasteiger partial charge in [0.25, 0.3) is 5.91 Å². The van der Waals surface area contributed by atoms with E-state index in [2.05, 4.69) is 10.3 Å². The van der Waals surface area contributed by atoms with Gasteiger partial charge in [0.2, 0.25) is 0 Å². The molecule has 1 N–H and O–H groups in total. The number of benzene rings is 2. The number of nitrogens with one attached hydrogen (secondary N) is 1. The number of aliphatic imine (C=N–C) groups is 1. The van der Waals surface area contributed by atoms with E-state index in [1.165, 1.54) is 13.2 Å². The summed E-state index contributed by atoms with van der Waals surface area (Å²) < 4.78 is 18.9. The quantitative estimate of drug-likeness (QED) is 0.574. The van der Waals surface area contributed by atoms with Crippen molar-refractivity contribution in [2.24, 2.45) is 4.99 Å². The molecule has 1 amide bonds. The van der Waals surface area contributed by atoms with Crippen molar-refractivity contribution in [3.63, 3.8) is 0 Å². The van der Waals surface area contributed by atoms with Crippen LogP contribution in [0.15, 0.2) is 47.5 Å². The first-order chi connectivity index (χ1) is 13.8. The highest BCUT2D eigenvalue weighted by Crippen LogP contribution is 2.18. The molecule has 7 heteroatoms. The average Bonchev–Trinajstić information content (AvgIpc) is 2.70. The molecular formula is C22H29FN4O2. The van der Waals surface area contributed by atoms with Crippen LogP contribution in [-0.4, -0.2) is 63.5 Å². The van der Waals surface area contributed by atoms with E-state index in [-0.39, 0.29) is 17.5 Å². The van der Waals surface area contributed by atoms with E-state index >= 15 is 0 Å². The summed E-state index contributed by atoms with van der Waals surface area (Å²) >= 11 is 0. The molecule has 0 saturated carbocycles. The molecule has 0 heterocycles. The summed E-state index contributed by atoms with van der Waals surface area (Å²) in [5.41, 5.74) is 2.57. The molecule has 2 aromatic rings. The van der Waals surface area contributed by atoms with E-state index in [9.17, 15) is 9.18 Å². The van der Waals surface area contributed by atoms with E-state index < -0.39 is 0 Å². The molecule has 0 aliphatic rings. The third-order valence-corrected chi connectivity index (χ3v) is 4.49. The first kappa shape index (κ1) is 22.2. The highest BCUT2D eigenvalue weighted by molar-refractivity contribution is 5.94. The Labute approximate surface area is 172 Å². The van der Waals surface area contributed by atoms with Gasteiger partial charge in [0.1, 0.15) is 0 Å². The van der Waals surface area contributed by atoms with Crippen molar-refractivity contribution in [1.82, 2.24) is 15.1 Å². The number of methoxy groups -OCH3 is 1. The third-order valence-electron chi connectivity index (χ3n) is 4.49. The summed E-state index contributed by atoms with van der Waals surface area (Å²) in [6.45, 7) is 1.17. The highest BCUT2D eigenvalue weighted by atomic mass is 19.1. The second-order valence-electron chi connectivity index (χ2n) is 6.95. The van der Waals surface area contributed by atoms with Crippen LogP contribution in [0.5, 0.6) is 5.75 Å². The maximum atomic E-state index is 13.9. The average molecular weight is 400 g/mol. The van der Waals surface area contributed by atoms with Gasteiger partial charge in [-0.1, -0.05) is 18.2 Å². The number of ether oxygens (including phenoxy) is 1. The Bertz CT molecular complexity index is 868. The van der Waals surface area contributed by atoms with E-state index in [0.29, 0.717) is 24.6 Å². The molecule has 2 rings (SSSR count). The van der Waals surface area contributed by atoms with Gasteiger partial charge < -0.3 is 19.9 Å². The second-order valence-corrected chi connectivity index (χ2v) is 6.95. The van der Waals surface area contributed by atoms with Crippen LogP contribution in [0.25, 0.3) is 0 Å². The number of guanidine groups is 1. The topological polar surface area (TPSA) is 57.2 Å². The third kappa shape index (κ3) is 6.20. The van der Waals surface area contributed by atoms with Crippen LogP contribution in [0.4, 0.5) is 4.39 Å². The molecule has 0 spiro atoms. The van der Waals surface area contributed by atoms with Crippen LogP contribution in [0.1, 0.15) is 21.5 Å². The minimum absolute atomic E-state index is 0.0120. The fraction of sp³-hybridized carbons (Fsp3) is 0.364. The Hall–Kier alpha value is -3.09. The number of carbonyl (C=O) groups is 1. The van der Waals surface area contributed by atoms with Crippen molar-refractivity contribution >= 4 is 11.9 Å². The van der Waals surface area contributed by atoms with Gasteiger partial charge in [-0.25, -0.2) is 4.39 Å². The lowest BCUT2D eigenvalue weighted by Gasteiger charge is -2.22. The summed E-state index contributed by atoms with van der Waals surface area (Å²) in [6.07, 6.45) is 0.749. The maximum Gasteiger partial charge on any atom is 0.253 e. The molecule has 0 aliphatic heterocycles. The van der Waals surface area contributed by atoms with Gasteiger partial charge in [-0.05, 0) is 41.8 Å². The van der Waals surface area contributed by atoms with Crippen LogP contribution in [0.3, 0.4) is 0 Å². The lowest BCUT2D eigenvalue weighted by atomic mass is 10.1. The first-order valence-corrected chi connectivity index (χ1v) is 9.40. The largest absolute Gasteiger partial charge is 0.494 e. The molecule has 6 nitrogen and oxygen atoms in total. The van der Waals surface area contributed by atoms with Gasteiger partial charge in [-0.15, -0.1) is 0 Å². The van der Waals surface area contributed by atoms with E-state index in [4.69, 9.17) is 4.74 Å². The Morgan fingerprint density at radius 1 is 1.14 bits per heavy atom. The van der Waals surface area contributed by atoms with Crippen molar-refractivity contribution in [2.45, 2.75) is 13.0 Å². The van der Waals surface area contributed by atoms with Crippen molar-refractivity contribution in [3.8, 4) is 5.75 Å². The Morgan fingerprint density at radius 3 is 2.52 bits per heavy atom. The predicted molar refractivity (Wildman–Crippen MR) is 114 cm³/mol. The zero-order chi connectivity index (χ0) is 21.4. The Morgan fingerprint density at radius 2 is 1.90 bits per heavy atom. The summed E-state index contributed by atoms with van der Waals surface area (Å²) in [4.78, 5) is 19.9. The minimum atomic E-state index is -0.381. The molecule has 156 valence electrons. The number of halogens is 1. The Kier molecular flexibility index (Phi) is 8.00. The molecule has 0 saturated heterocycles. The molecule has 0 aromatic heterocycles. The standard InChI is InChI=1S/C22H29FN4O2/c1-24-22(27(4)15-17-9-10-20(29-5)19(23)14-17)25-12-11-16-7-6-8-18(13-16)21(28)26(2)3/h6-10,13-14H,11-12,15H2,1-5H3,(H,24,25). The monoisotopic (exact) mass is 400 g/mol. The van der Waals surface area contributed by atoms with Crippen LogP contribution in [0, 0.1) is 5.82 Å².